The lowest BCUT2D eigenvalue weighted by atomic mass is 9.97. The Labute approximate surface area is 92.8 Å². The highest BCUT2D eigenvalue weighted by atomic mass is 35.5. The first-order chi connectivity index (χ1) is 6.96. The van der Waals surface area contributed by atoms with E-state index in [9.17, 15) is 4.79 Å². The Morgan fingerprint density at radius 3 is 2.60 bits per heavy atom. The summed E-state index contributed by atoms with van der Waals surface area (Å²) in [6, 6.07) is 0. The van der Waals surface area contributed by atoms with Crippen LogP contribution in [0.2, 0.25) is 5.15 Å². The van der Waals surface area contributed by atoms with E-state index < -0.39 is 11.4 Å². The quantitative estimate of drug-likeness (QED) is 0.858. The van der Waals surface area contributed by atoms with Crippen LogP contribution >= 0.6 is 11.6 Å². The Bertz CT molecular complexity index is 421. The predicted octanol–water partition coefficient (Wildman–Crippen LogP) is 1.79. The van der Waals surface area contributed by atoms with Crippen LogP contribution in [0.4, 0.5) is 0 Å². The molecule has 0 aliphatic heterocycles. The van der Waals surface area contributed by atoms with E-state index in [0.29, 0.717) is 11.6 Å². The molecule has 2 rings (SSSR count). The number of nitrogens with zero attached hydrogens (tertiary/aromatic N) is 2. The molecular formula is C10H13ClN2O2. The van der Waals surface area contributed by atoms with Crippen LogP contribution in [0.5, 0.6) is 0 Å². The van der Waals surface area contributed by atoms with Crippen molar-refractivity contribution in [2.45, 2.75) is 26.2 Å². The van der Waals surface area contributed by atoms with Gasteiger partial charge in [0.2, 0.25) is 0 Å². The van der Waals surface area contributed by atoms with Crippen LogP contribution in [0.1, 0.15) is 24.1 Å². The fraction of sp³-hybridized carbons (Fsp3) is 0.600. The summed E-state index contributed by atoms with van der Waals surface area (Å²) in [5.41, 5.74) is 1.13. The van der Waals surface area contributed by atoms with Gasteiger partial charge in [-0.3, -0.25) is 9.48 Å². The van der Waals surface area contributed by atoms with E-state index in [-0.39, 0.29) is 0 Å². The molecule has 1 aromatic rings. The van der Waals surface area contributed by atoms with Gasteiger partial charge in [0.1, 0.15) is 5.15 Å². The topological polar surface area (TPSA) is 55.1 Å². The number of carboxylic acid groups (broad SMARTS) is 1. The molecule has 1 N–H and O–H groups in total. The molecule has 15 heavy (non-hydrogen) atoms. The van der Waals surface area contributed by atoms with Crippen molar-refractivity contribution >= 4 is 17.6 Å². The zero-order valence-corrected chi connectivity index (χ0v) is 9.51. The maximum atomic E-state index is 11.0. The summed E-state index contributed by atoms with van der Waals surface area (Å²) < 4.78 is 1.59. The van der Waals surface area contributed by atoms with Crippen LogP contribution < -0.4 is 0 Å². The van der Waals surface area contributed by atoms with E-state index in [1.165, 1.54) is 0 Å². The Kier molecular flexibility index (Phi) is 2.26. The molecule has 4 nitrogen and oxygen atoms in total. The van der Waals surface area contributed by atoms with Gasteiger partial charge in [-0.1, -0.05) is 11.6 Å². The Morgan fingerprint density at radius 1 is 1.67 bits per heavy atom. The van der Waals surface area contributed by atoms with Crippen molar-refractivity contribution in [2.75, 3.05) is 0 Å². The molecule has 82 valence electrons. The minimum atomic E-state index is -0.721. The predicted molar refractivity (Wildman–Crippen MR) is 56.0 cm³/mol. The average Bonchev–Trinajstić information content (AvgIpc) is 2.89. The Hall–Kier alpha value is -1.03. The summed E-state index contributed by atoms with van der Waals surface area (Å²) in [5, 5.41) is 13.8. The van der Waals surface area contributed by atoms with Crippen molar-refractivity contribution in [3.8, 4) is 0 Å². The second-order valence-electron chi connectivity index (χ2n) is 4.24. The second kappa shape index (κ2) is 3.23. The highest BCUT2D eigenvalue weighted by Crippen LogP contribution is 2.49. The third kappa shape index (κ3) is 1.63. The summed E-state index contributed by atoms with van der Waals surface area (Å²) in [7, 11) is 1.76. The van der Waals surface area contributed by atoms with Gasteiger partial charge in [0.25, 0.3) is 0 Å². The van der Waals surface area contributed by atoms with Crippen molar-refractivity contribution in [3.63, 3.8) is 0 Å². The number of carboxylic acids is 1. The highest BCUT2D eigenvalue weighted by Gasteiger charge is 2.50. The molecular weight excluding hydrogens is 216 g/mol. The number of aryl methyl sites for hydroxylation is 2. The second-order valence-corrected chi connectivity index (χ2v) is 4.60. The van der Waals surface area contributed by atoms with Crippen LogP contribution in [-0.2, 0) is 18.3 Å². The summed E-state index contributed by atoms with van der Waals surface area (Å²) in [6.45, 7) is 1.86. The molecule has 0 saturated heterocycles. The Morgan fingerprint density at radius 2 is 2.27 bits per heavy atom. The molecule has 0 amide bonds. The summed E-state index contributed by atoms with van der Waals surface area (Å²) in [4.78, 5) is 11.0. The summed E-state index contributed by atoms with van der Waals surface area (Å²) in [5.74, 6) is -0.721. The molecule has 1 aliphatic carbocycles. The van der Waals surface area contributed by atoms with Gasteiger partial charge < -0.3 is 5.11 Å². The summed E-state index contributed by atoms with van der Waals surface area (Å²) in [6.07, 6.45) is 1.99. The highest BCUT2D eigenvalue weighted by molar-refractivity contribution is 6.30. The van der Waals surface area contributed by atoms with Crippen molar-refractivity contribution in [1.29, 1.82) is 0 Å². The maximum Gasteiger partial charge on any atom is 0.309 e. The molecule has 1 heterocycles. The smallest absolute Gasteiger partial charge is 0.309 e. The molecule has 0 unspecified atom stereocenters. The first kappa shape index (κ1) is 10.5. The number of aliphatic carboxylic acids is 1. The minimum Gasteiger partial charge on any atom is -0.481 e. The van der Waals surface area contributed by atoms with E-state index in [1.54, 1.807) is 11.7 Å². The van der Waals surface area contributed by atoms with Crippen LogP contribution in [0.3, 0.4) is 0 Å². The fourth-order valence-corrected chi connectivity index (χ4v) is 2.07. The first-order valence-electron chi connectivity index (χ1n) is 4.88. The van der Waals surface area contributed by atoms with E-state index in [0.717, 1.165) is 24.1 Å². The number of aromatic nitrogens is 2. The van der Waals surface area contributed by atoms with E-state index in [4.69, 9.17) is 16.7 Å². The fourth-order valence-electron chi connectivity index (χ4n) is 1.83. The van der Waals surface area contributed by atoms with E-state index >= 15 is 0 Å². The van der Waals surface area contributed by atoms with Crippen LogP contribution in [0, 0.1) is 12.3 Å². The number of rotatable bonds is 3. The maximum absolute atomic E-state index is 11.0. The third-order valence-electron chi connectivity index (χ3n) is 3.09. The zero-order chi connectivity index (χ0) is 11.2. The lowest BCUT2D eigenvalue weighted by Crippen LogP contribution is -2.17. The van der Waals surface area contributed by atoms with Crippen molar-refractivity contribution in [1.82, 2.24) is 9.78 Å². The normalized spacial score (nSPS) is 17.8. The monoisotopic (exact) mass is 228 g/mol. The molecule has 0 radical (unpaired) electrons. The Balaban J connectivity index is 2.28. The molecule has 0 aromatic carbocycles. The van der Waals surface area contributed by atoms with Gasteiger partial charge in [0.05, 0.1) is 11.1 Å². The average molecular weight is 229 g/mol. The number of hydrogen-bond acceptors (Lipinski definition) is 2. The number of carbonyl (C=O) groups is 1. The van der Waals surface area contributed by atoms with Gasteiger partial charge >= 0.3 is 5.97 Å². The van der Waals surface area contributed by atoms with Gasteiger partial charge in [0.15, 0.2) is 0 Å². The standard InChI is InChI=1S/C10H13ClN2O2/c1-6-7(8(11)13(2)12-6)5-10(3-4-10)9(14)15/h3-5H2,1-2H3,(H,14,15). The lowest BCUT2D eigenvalue weighted by Gasteiger charge is -2.08. The van der Waals surface area contributed by atoms with Crippen molar-refractivity contribution in [2.24, 2.45) is 12.5 Å². The molecule has 0 bridgehead atoms. The number of hydrogen-bond donors (Lipinski definition) is 1. The molecule has 0 atom stereocenters. The SMILES string of the molecule is Cc1nn(C)c(Cl)c1CC1(C(=O)O)CC1. The van der Waals surface area contributed by atoms with E-state index in [1.807, 2.05) is 6.92 Å². The van der Waals surface area contributed by atoms with Gasteiger partial charge in [0, 0.05) is 12.6 Å². The largest absolute Gasteiger partial charge is 0.481 e. The molecule has 1 aliphatic rings. The lowest BCUT2D eigenvalue weighted by molar-refractivity contribution is -0.143. The molecule has 5 heteroatoms. The van der Waals surface area contributed by atoms with Crippen molar-refractivity contribution < 1.29 is 9.90 Å². The van der Waals surface area contributed by atoms with Gasteiger partial charge in [-0.15, -0.1) is 0 Å². The zero-order valence-electron chi connectivity index (χ0n) is 8.75. The van der Waals surface area contributed by atoms with E-state index in [2.05, 4.69) is 5.10 Å². The summed E-state index contributed by atoms with van der Waals surface area (Å²) >= 11 is 6.06. The number of halogens is 1. The first-order valence-corrected chi connectivity index (χ1v) is 5.25. The molecule has 1 aromatic heterocycles. The third-order valence-corrected chi connectivity index (χ3v) is 3.57. The molecule has 1 saturated carbocycles. The van der Waals surface area contributed by atoms with Crippen LogP contribution in [0.15, 0.2) is 0 Å². The molecule has 1 fully saturated rings. The minimum absolute atomic E-state index is 0.501. The van der Waals surface area contributed by atoms with Crippen LogP contribution in [-0.4, -0.2) is 20.9 Å². The van der Waals surface area contributed by atoms with Gasteiger partial charge in [-0.25, -0.2) is 0 Å². The van der Waals surface area contributed by atoms with Gasteiger partial charge in [-0.2, -0.15) is 5.10 Å². The van der Waals surface area contributed by atoms with Crippen molar-refractivity contribution in [3.05, 3.63) is 16.4 Å². The van der Waals surface area contributed by atoms with Gasteiger partial charge in [-0.05, 0) is 26.2 Å². The molecule has 0 spiro atoms. The van der Waals surface area contributed by atoms with Crippen LogP contribution in [0.25, 0.3) is 0 Å².